The molecule has 3 aromatic rings. The number of carbonyl (C=O) groups excluding carboxylic acids is 2. The molecule has 0 unspecified atom stereocenters. The van der Waals surface area contributed by atoms with Crippen LogP contribution in [0.5, 0.6) is 5.75 Å². The van der Waals surface area contributed by atoms with E-state index >= 15 is 0 Å². The van der Waals surface area contributed by atoms with E-state index in [1.165, 1.54) is 33.5 Å². The summed E-state index contributed by atoms with van der Waals surface area (Å²) in [5.41, 5.74) is 1.23. The van der Waals surface area contributed by atoms with Gasteiger partial charge in [0.2, 0.25) is 0 Å². The standard InChI is InChI=1S/C27H33N5O6S/c1-30(2)39(35,36)32-19-21(23-6-4-5-7-25(23)32)18-24(27(34)28-12-13-31-14-16-38-17-15-31)29-26(33)20-8-10-22(37-3)11-9-20/h4-11,18-19H,12-17H2,1-3H3,(H,28,34)(H,29,33). The number of aromatic nitrogens is 1. The molecule has 2 aromatic carbocycles. The molecule has 1 saturated heterocycles. The highest BCUT2D eigenvalue weighted by atomic mass is 32.2. The molecule has 11 nitrogen and oxygen atoms in total. The number of rotatable bonds is 10. The van der Waals surface area contributed by atoms with E-state index in [2.05, 4.69) is 15.5 Å². The van der Waals surface area contributed by atoms with Crippen LogP contribution in [0, 0.1) is 0 Å². The number of methoxy groups -OCH3 is 1. The highest BCUT2D eigenvalue weighted by molar-refractivity contribution is 7.87. The first-order chi connectivity index (χ1) is 18.7. The molecule has 208 valence electrons. The molecule has 12 heteroatoms. The van der Waals surface area contributed by atoms with Crippen LogP contribution in [-0.2, 0) is 19.7 Å². The number of para-hydroxylation sites is 1. The molecule has 39 heavy (non-hydrogen) atoms. The molecule has 2 amide bonds. The van der Waals surface area contributed by atoms with Gasteiger partial charge in [0.1, 0.15) is 11.4 Å². The fourth-order valence-electron chi connectivity index (χ4n) is 4.16. The number of fused-ring (bicyclic) bond motifs is 1. The average Bonchev–Trinajstić information content (AvgIpc) is 3.32. The molecule has 1 aromatic heterocycles. The zero-order valence-corrected chi connectivity index (χ0v) is 23.0. The van der Waals surface area contributed by atoms with Gasteiger partial charge < -0.3 is 20.1 Å². The zero-order valence-electron chi connectivity index (χ0n) is 22.2. The van der Waals surface area contributed by atoms with Gasteiger partial charge in [-0.2, -0.15) is 12.7 Å². The lowest BCUT2D eigenvalue weighted by atomic mass is 10.1. The van der Waals surface area contributed by atoms with Gasteiger partial charge in [-0.05, 0) is 36.4 Å². The minimum Gasteiger partial charge on any atom is -0.497 e. The van der Waals surface area contributed by atoms with Crippen LogP contribution in [0.1, 0.15) is 15.9 Å². The third kappa shape index (κ3) is 6.66. The number of carbonyl (C=O) groups is 2. The minimum atomic E-state index is -3.83. The van der Waals surface area contributed by atoms with Crippen LogP contribution >= 0.6 is 0 Å². The maximum absolute atomic E-state index is 13.3. The number of ether oxygens (including phenoxy) is 2. The van der Waals surface area contributed by atoms with Crippen LogP contribution < -0.4 is 15.4 Å². The molecule has 0 bridgehead atoms. The van der Waals surface area contributed by atoms with Crippen LogP contribution in [0.4, 0.5) is 0 Å². The summed E-state index contributed by atoms with van der Waals surface area (Å²) in [6.45, 7) is 3.87. The van der Waals surface area contributed by atoms with E-state index in [9.17, 15) is 18.0 Å². The Labute approximate surface area is 228 Å². The van der Waals surface area contributed by atoms with Gasteiger partial charge in [0.05, 0.1) is 25.8 Å². The first kappa shape index (κ1) is 28.3. The molecule has 0 atom stereocenters. The van der Waals surface area contributed by atoms with Gasteiger partial charge in [-0.1, -0.05) is 18.2 Å². The van der Waals surface area contributed by atoms with Crippen LogP contribution in [0.15, 0.2) is 60.4 Å². The van der Waals surface area contributed by atoms with Crippen molar-refractivity contribution < 1.29 is 27.5 Å². The van der Waals surface area contributed by atoms with E-state index in [0.29, 0.717) is 54.1 Å². The smallest absolute Gasteiger partial charge is 0.307 e. The van der Waals surface area contributed by atoms with E-state index in [4.69, 9.17) is 9.47 Å². The van der Waals surface area contributed by atoms with Crippen molar-refractivity contribution in [2.24, 2.45) is 0 Å². The quantitative estimate of drug-likeness (QED) is 0.364. The first-order valence-electron chi connectivity index (χ1n) is 12.5. The van der Waals surface area contributed by atoms with Crippen molar-refractivity contribution in [1.82, 2.24) is 23.8 Å². The van der Waals surface area contributed by atoms with Crippen molar-refractivity contribution >= 4 is 39.0 Å². The Hall–Kier alpha value is -3.71. The number of hydrogen-bond donors (Lipinski definition) is 2. The van der Waals surface area contributed by atoms with E-state index in [1.54, 1.807) is 48.5 Å². The maximum Gasteiger partial charge on any atom is 0.307 e. The first-order valence-corrected chi connectivity index (χ1v) is 13.9. The Bertz CT molecular complexity index is 1460. The number of nitrogens with one attached hydrogen (secondary N) is 2. The molecule has 2 N–H and O–H groups in total. The average molecular weight is 556 g/mol. The monoisotopic (exact) mass is 555 g/mol. The summed E-state index contributed by atoms with van der Waals surface area (Å²) < 4.78 is 38.8. The van der Waals surface area contributed by atoms with E-state index in [1.807, 2.05) is 0 Å². The summed E-state index contributed by atoms with van der Waals surface area (Å²) in [6.07, 6.45) is 2.94. The summed E-state index contributed by atoms with van der Waals surface area (Å²) in [4.78, 5) is 28.6. The summed E-state index contributed by atoms with van der Waals surface area (Å²) in [7, 11) is 0.592. The molecule has 0 spiro atoms. The number of nitrogens with zero attached hydrogens (tertiary/aromatic N) is 3. The third-order valence-electron chi connectivity index (χ3n) is 6.38. The molecule has 2 heterocycles. The SMILES string of the molecule is COc1ccc(C(=O)NC(=Cc2cn(S(=O)(=O)N(C)C)c3ccccc23)C(=O)NCCN2CCOCC2)cc1. The van der Waals surface area contributed by atoms with Gasteiger partial charge in [0, 0.05) is 63.0 Å². The predicted molar refractivity (Wildman–Crippen MR) is 149 cm³/mol. The lowest BCUT2D eigenvalue weighted by molar-refractivity contribution is -0.117. The number of morpholine rings is 1. The fourth-order valence-corrected chi connectivity index (χ4v) is 5.16. The van der Waals surface area contributed by atoms with Crippen LogP contribution in [0.25, 0.3) is 17.0 Å². The maximum atomic E-state index is 13.3. The Morgan fingerprint density at radius 3 is 2.44 bits per heavy atom. The van der Waals surface area contributed by atoms with E-state index < -0.39 is 22.0 Å². The molecular formula is C27H33N5O6S. The van der Waals surface area contributed by atoms with E-state index in [0.717, 1.165) is 21.4 Å². The van der Waals surface area contributed by atoms with Gasteiger partial charge >= 0.3 is 10.2 Å². The van der Waals surface area contributed by atoms with Gasteiger partial charge in [0.15, 0.2) is 0 Å². The minimum absolute atomic E-state index is 0.0112. The van der Waals surface area contributed by atoms with Gasteiger partial charge in [0.25, 0.3) is 11.8 Å². The second kappa shape index (κ2) is 12.4. The molecule has 0 aliphatic carbocycles. The van der Waals surface area contributed by atoms with Crippen molar-refractivity contribution in [3.8, 4) is 5.75 Å². The third-order valence-corrected chi connectivity index (χ3v) is 8.10. The van der Waals surface area contributed by atoms with Crippen molar-refractivity contribution in [1.29, 1.82) is 0 Å². The molecule has 0 saturated carbocycles. The van der Waals surface area contributed by atoms with Crippen LogP contribution in [-0.4, -0.2) is 94.0 Å². The molecular weight excluding hydrogens is 522 g/mol. The van der Waals surface area contributed by atoms with Gasteiger partial charge in [-0.25, -0.2) is 3.97 Å². The van der Waals surface area contributed by atoms with Crippen molar-refractivity contribution in [2.75, 3.05) is 60.6 Å². The topological polar surface area (TPSA) is 122 Å². The highest BCUT2D eigenvalue weighted by Gasteiger charge is 2.22. The molecule has 0 radical (unpaired) electrons. The normalized spacial score (nSPS) is 14.9. The Morgan fingerprint density at radius 2 is 1.77 bits per heavy atom. The molecule has 1 fully saturated rings. The summed E-state index contributed by atoms with van der Waals surface area (Å²) in [5, 5.41) is 6.19. The van der Waals surface area contributed by atoms with Crippen molar-refractivity contribution in [3.63, 3.8) is 0 Å². The van der Waals surface area contributed by atoms with Gasteiger partial charge in [-0.15, -0.1) is 0 Å². The largest absolute Gasteiger partial charge is 0.497 e. The van der Waals surface area contributed by atoms with Crippen LogP contribution in [0.3, 0.4) is 0 Å². The summed E-state index contributed by atoms with van der Waals surface area (Å²) in [5.74, 6) is -0.382. The highest BCUT2D eigenvalue weighted by Crippen LogP contribution is 2.25. The predicted octanol–water partition coefficient (Wildman–Crippen LogP) is 1.52. The lowest BCUT2D eigenvalue weighted by Gasteiger charge is -2.26. The molecule has 4 rings (SSSR count). The second-order valence-electron chi connectivity index (χ2n) is 9.14. The second-order valence-corrected chi connectivity index (χ2v) is 11.2. The number of benzene rings is 2. The van der Waals surface area contributed by atoms with Crippen LogP contribution in [0.2, 0.25) is 0 Å². The molecule has 1 aliphatic heterocycles. The summed E-state index contributed by atoms with van der Waals surface area (Å²) in [6, 6.07) is 13.5. The zero-order chi connectivity index (χ0) is 28.0. The lowest BCUT2D eigenvalue weighted by Crippen LogP contribution is -2.42. The Kier molecular flexibility index (Phi) is 9.02. The molecule has 1 aliphatic rings. The Morgan fingerprint density at radius 1 is 1.08 bits per heavy atom. The fraction of sp³-hybridized carbons (Fsp3) is 0.333. The number of amides is 2. The number of hydrogen-bond acceptors (Lipinski definition) is 7. The van der Waals surface area contributed by atoms with E-state index in [-0.39, 0.29) is 5.70 Å². The Balaban J connectivity index is 1.66. The van der Waals surface area contributed by atoms with Crippen molar-refractivity contribution in [3.05, 3.63) is 71.6 Å². The summed E-state index contributed by atoms with van der Waals surface area (Å²) >= 11 is 0. The van der Waals surface area contributed by atoms with Crippen molar-refractivity contribution in [2.45, 2.75) is 0 Å². The van der Waals surface area contributed by atoms with Gasteiger partial charge in [-0.3, -0.25) is 14.5 Å².